The van der Waals surface area contributed by atoms with Crippen molar-refractivity contribution in [2.24, 2.45) is 0 Å². The number of hydrogen-bond donors (Lipinski definition) is 1. The summed E-state index contributed by atoms with van der Waals surface area (Å²) in [5, 5.41) is 2.81. The first kappa shape index (κ1) is 16.7. The zero-order valence-corrected chi connectivity index (χ0v) is 13.5. The van der Waals surface area contributed by atoms with Gasteiger partial charge in [0.25, 0.3) is 0 Å². The zero-order chi connectivity index (χ0) is 16.8. The van der Waals surface area contributed by atoms with Crippen molar-refractivity contribution in [3.8, 4) is 5.75 Å². The molecule has 0 aliphatic carbocycles. The van der Waals surface area contributed by atoms with Crippen molar-refractivity contribution < 1.29 is 13.9 Å². The normalized spacial score (nSPS) is 12.2. The monoisotopic (exact) mass is 313 g/mol. The lowest BCUT2D eigenvalue weighted by atomic mass is 10.1. The van der Waals surface area contributed by atoms with E-state index in [0.717, 1.165) is 11.1 Å². The van der Waals surface area contributed by atoms with E-state index in [1.807, 2.05) is 31.2 Å². The van der Waals surface area contributed by atoms with Gasteiger partial charge in [-0.1, -0.05) is 35.9 Å². The number of methoxy groups -OCH3 is 1. The van der Waals surface area contributed by atoms with Gasteiger partial charge in [-0.25, -0.2) is 4.39 Å². The van der Waals surface area contributed by atoms with Gasteiger partial charge in [0.05, 0.1) is 13.2 Å². The van der Waals surface area contributed by atoms with Crippen LogP contribution in [0.5, 0.6) is 5.75 Å². The number of benzene rings is 2. The van der Waals surface area contributed by atoms with Crippen LogP contribution in [0, 0.1) is 12.7 Å². The maximum Gasteiger partial charge on any atom is 0.244 e. The minimum Gasteiger partial charge on any atom is -0.494 e. The molecule has 0 spiro atoms. The van der Waals surface area contributed by atoms with Crippen LogP contribution < -0.4 is 10.1 Å². The molecule has 0 fully saturated rings. The van der Waals surface area contributed by atoms with E-state index in [1.165, 1.54) is 19.3 Å². The minimum atomic E-state index is -0.443. The lowest BCUT2D eigenvalue weighted by molar-refractivity contribution is -0.117. The third-order valence-corrected chi connectivity index (χ3v) is 3.50. The fraction of sp³-hybridized carbons (Fsp3) is 0.211. The van der Waals surface area contributed by atoms with E-state index in [0.29, 0.717) is 5.56 Å². The molecule has 0 heterocycles. The number of nitrogens with one attached hydrogen (secondary N) is 1. The smallest absolute Gasteiger partial charge is 0.244 e. The molecule has 4 heteroatoms. The highest BCUT2D eigenvalue weighted by Crippen LogP contribution is 2.21. The SMILES string of the molecule is COc1ccc([C@@H](C)NC(=O)/C=C/c2cccc(C)c2)cc1F. The predicted octanol–water partition coefficient (Wildman–Crippen LogP) is 4.03. The lowest BCUT2D eigenvalue weighted by Crippen LogP contribution is -2.24. The summed E-state index contributed by atoms with van der Waals surface area (Å²) in [5.74, 6) is -0.483. The minimum absolute atomic E-state index is 0.187. The standard InChI is InChI=1S/C19H20FNO2/c1-13-5-4-6-15(11-13)7-10-19(22)21-14(2)16-8-9-18(23-3)17(20)12-16/h4-12,14H,1-3H3,(H,21,22)/b10-7+/t14-/m1/s1. The van der Waals surface area contributed by atoms with Crippen LogP contribution in [0.15, 0.2) is 48.5 Å². The topological polar surface area (TPSA) is 38.3 Å². The molecule has 2 aromatic rings. The second-order valence-electron chi connectivity index (χ2n) is 5.37. The summed E-state index contributed by atoms with van der Waals surface area (Å²) in [6.07, 6.45) is 3.23. The Hall–Kier alpha value is -2.62. The summed E-state index contributed by atoms with van der Waals surface area (Å²) >= 11 is 0. The summed E-state index contributed by atoms with van der Waals surface area (Å²) in [6.45, 7) is 3.80. The van der Waals surface area contributed by atoms with E-state index in [9.17, 15) is 9.18 Å². The molecule has 2 rings (SSSR count). The second-order valence-corrected chi connectivity index (χ2v) is 5.37. The molecule has 23 heavy (non-hydrogen) atoms. The summed E-state index contributed by atoms with van der Waals surface area (Å²) in [7, 11) is 1.42. The van der Waals surface area contributed by atoms with Crippen molar-refractivity contribution in [2.45, 2.75) is 19.9 Å². The van der Waals surface area contributed by atoms with E-state index in [2.05, 4.69) is 5.32 Å². The first-order chi connectivity index (χ1) is 11.0. The van der Waals surface area contributed by atoms with Gasteiger partial charge in [-0.05, 0) is 43.2 Å². The van der Waals surface area contributed by atoms with Crippen LogP contribution in [0.2, 0.25) is 0 Å². The highest BCUT2D eigenvalue weighted by atomic mass is 19.1. The number of rotatable bonds is 5. The average molecular weight is 313 g/mol. The Morgan fingerprint density at radius 2 is 2.04 bits per heavy atom. The number of amides is 1. The van der Waals surface area contributed by atoms with Crippen molar-refractivity contribution in [2.75, 3.05) is 7.11 Å². The van der Waals surface area contributed by atoms with Gasteiger partial charge in [0, 0.05) is 6.08 Å². The Bertz CT molecular complexity index is 725. The molecule has 0 aliphatic heterocycles. The van der Waals surface area contributed by atoms with Crippen molar-refractivity contribution in [3.63, 3.8) is 0 Å². The predicted molar refractivity (Wildman–Crippen MR) is 89.7 cm³/mol. The third-order valence-electron chi connectivity index (χ3n) is 3.50. The summed E-state index contributed by atoms with van der Waals surface area (Å²) < 4.78 is 18.6. The fourth-order valence-corrected chi connectivity index (χ4v) is 2.24. The van der Waals surface area contributed by atoms with Gasteiger partial charge in [0.15, 0.2) is 11.6 Å². The number of halogens is 1. The number of ether oxygens (including phenoxy) is 1. The zero-order valence-electron chi connectivity index (χ0n) is 13.5. The van der Waals surface area contributed by atoms with E-state index < -0.39 is 5.82 Å². The van der Waals surface area contributed by atoms with Crippen molar-refractivity contribution in [1.29, 1.82) is 0 Å². The third kappa shape index (κ3) is 4.68. The van der Waals surface area contributed by atoms with Crippen molar-refractivity contribution in [3.05, 3.63) is 71.0 Å². The molecular formula is C19H20FNO2. The van der Waals surface area contributed by atoms with Gasteiger partial charge in [0.2, 0.25) is 5.91 Å². The van der Waals surface area contributed by atoms with Crippen LogP contribution >= 0.6 is 0 Å². The molecule has 1 N–H and O–H groups in total. The molecule has 0 aliphatic rings. The van der Waals surface area contributed by atoms with Crippen LogP contribution in [0.25, 0.3) is 6.08 Å². The second kappa shape index (κ2) is 7.58. The van der Waals surface area contributed by atoms with Crippen molar-refractivity contribution in [1.82, 2.24) is 5.32 Å². The first-order valence-corrected chi connectivity index (χ1v) is 7.38. The summed E-state index contributed by atoms with van der Waals surface area (Å²) in [5.41, 5.74) is 2.78. The van der Waals surface area contributed by atoms with Gasteiger partial charge in [-0.3, -0.25) is 4.79 Å². The number of carbonyl (C=O) groups is 1. The Balaban J connectivity index is 2.00. The average Bonchev–Trinajstić information content (AvgIpc) is 2.53. The molecular weight excluding hydrogens is 293 g/mol. The molecule has 1 amide bonds. The Morgan fingerprint density at radius 3 is 2.70 bits per heavy atom. The van der Waals surface area contributed by atoms with Gasteiger partial charge in [-0.2, -0.15) is 0 Å². The lowest BCUT2D eigenvalue weighted by Gasteiger charge is -2.14. The highest BCUT2D eigenvalue weighted by Gasteiger charge is 2.11. The van der Waals surface area contributed by atoms with Crippen molar-refractivity contribution >= 4 is 12.0 Å². The molecule has 0 aromatic heterocycles. The first-order valence-electron chi connectivity index (χ1n) is 7.38. The molecule has 0 unspecified atom stereocenters. The molecule has 0 saturated carbocycles. The fourth-order valence-electron chi connectivity index (χ4n) is 2.24. The number of hydrogen-bond acceptors (Lipinski definition) is 2. The number of aryl methyl sites for hydroxylation is 1. The van der Waals surface area contributed by atoms with E-state index >= 15 is 0 Å². The van der Waals surface area contributed by atoms with Crippen LogP contribution in [0.1, 0.15) is 29.7 Å². The van der Waals surface area contributed by atoms with E-state index in [4.69, 9.17) is 4.74 Å². The largest absolute Gasteiger partial charge is 0.494 e. The van der Waals surface area contributed by atoms with Gasteiger partial charge in [-0.15, -0.1) is 0 Å². The molecule has 0 saturated heterocycles. The van der Waals surface area contributed by atoms with Crippen LogP contribution in [-0.4, -0.2) is 13.0 Å². The van der Waals surface area contributed by atoms with Gasteiger partial charge >= 0.3 is 0 Å². The van der Waals surface area contributed by atoms with E-state index in [-0.39, 0.29) is 17.7 Å². The summed E-state index contributed by atoms with van der Waals surface area (Å²) in [6, 6.07) is 12.2. The van der Waals surface area contributed by atoms with Crippen LogP contribution in [0.4, 0.5) is 4.39 Å². The molecule has 0 bridgehead atoms. The quantitative estimate of drug-likeness (QED) is 0.846. The molecule has 1 atom stereocenters. The number of carbonyl (C=O) groups excluding carboxylic acids is 1. The van der Waals surface area contributed by atoms with Gasteiger partial charge < -0.3 is 10.1 Å². The Morgan fingerprint density at radius 1 is 1.26 bits per heavy atom. The van der Waals surface area contributed by atoms with Crippen LogP contribution in [0.3, 0.4) is 0 Å². The molecule has 120 valence electrons. The van der Waals surface area contributed by atoms with E-state index in [1.54, 1.807) is 25.1 Å². The molecule has 0 radical (unpaired) electrons. The Labute approximate surface area is 135 Å². The maximum absolute atomic E-state index is 13.7. The van der Waals surface area contributed by atoms with Gasteiger partial charge in [0.1, 0.15) is 0 Å². The maximum atomic E-state index is 13.7. The highest BCUT2D eigenvalue weighted by molar-refractivity contribution is 5.92. The molecule has 2 aromatic carbocycles. The summed E-state index contributed by atoms with van der Waals surface area (Å²) in [4.78, 5) is 12.0. The van der Waals surface area contributed by atoms with Crippen LogP contribution in [-0.2, 0) is 4.79 Å². The Kier molecular flexibility index (Phi) is 5.52. The molecule has 3 nitrogen and oxygen atoms in total.